The predicted molar refractivity (Wildman–Crippen MR) is 119 cm³/mol. The molecule has 2 atom stereocenters. The van der Waals surface area contributed by atoms with Gasteiger partial charge in [0.1, 0.15) is 6.04 Å². The predicted octanol–water partition coefficient (Wildman–Crippen LogP) is 3.09. The lowest BCUT2D eigenvalue weighted by atomic mass is 10.1. The number of carbonyl (C=O) groups is 4. The fourth-order valence-corrected chi connectivity index (χ4v) is 3.94. The Bertz CT molecular complexity index is 1430. The monoisotopic (exact) mass is 518 g/mol. The Hall–Kier alpha value is -4.75. The molecule has 4 N–H and O–H groups in total. The Morgan fingerprint density at radius 3 is 2.16 bits per heavy atom. The van der Waals surface area contributed by atoms with Crippen molar-refractivity contribution >= 4 is 46.4 Å². The van der Waals surface area contributed by atoms with Crippen LogP contribution < -0.4 is 5.32 Å². The third kappa shape index (κ3) is 5.12. The number of aromatic carboxylic acids is 1. The number of benzene rings is 2. The molecule has 192 valence electrons. The van der Waals surface area contributed by atoms with Gasteiger partial charge in [-0.05, 0) is 48.9 Å². The summed E-state index contributed by atoms with van der Waals surface area (Å²) in [7, 11) is 0. The van der Waals surface area contributed by atoms with Gasteiger partial charge < -0.3 is 25.5 Å². The van der Waals surface area contributed by atoms with Crippen molar-refractivity contribution in [2.75, 3.05) is 11.9 Å². The summed E-state index contributed by atoms with van der Waals surface area (Å²) in [5, 5.41) is 30.8. The Kier molecular flexibility index (Phi) is 6.42. The van der Waals surface area contributed by atoms with Crippen molar-refractivity contribution in [1.29, 1.82) is 0 Å². The molecular weight excluding hydrogens is 501 g/mol. The highest BCUT2D eigenvalue weighted by atomic mass is 19.4. The normalized spacial score (nSPS) is 17.5. The van der Waals surface area contributed by atoms with Gasteiger partial charge in [0.2, 0.25) is 0 Å². The van der Waals surface area contributed by atoms with Crippen molar-refractivity contribution in [2.45, 2.75) is 18.6 Å². The van der Waals surface area contributed by atoms with E-state index in [1.807, 2.05) is 0 Å². The molecule has 1 amide bonds. The maximum absolute atomic E-state index is 13.0. The lowest BCUT2D eigenvalue weighted by Gasteiger charge is -2.21. The number of amides is 1. The number of rotatable bonds is 6. The zero-order valence-corrected chi connectivity index (χ0v) is 18.6. The molecule has 4 rings (SSSR count). The zero-order chi connectivity index (χ0) is 27.1. The molecule has 2 unspecified atom stereocenters. The van der Waals surface area contributed by atoms with E-state index in [9.17, 15) is 47.7 Å². The smallest absolute Gasteiger partial charge is 0.416 e. The number of fused-ring (bicyclic) bond motifs is 1. The minimum absolute atomic E-state index is 0.00836. The molecule has 37 heavy (non-hydrogen) atoms. The molecule has 1 aromatic heterocycles. The molecule has 3 aromatic rings. The summed E-state index contributed by atoms with van der Waals surface area (Å²) in [5.41, 5.74) is -1.59. The standard InChI is InChI=1S/C23H17F3N4O7/c24-23(25,26)12-3-6-14-15(8-12)28-17(22(36)37)18(29-14)27-13-4-1-10(2-5-13)19(31)30-9-11(20(32)33)7-16(30)21(34)35/h1-6,8,11,16H,7,9H2,(H,27,29)(H,32,33)(H,34,35)(H,36,37). The molecule has 0 saturated carbocycles. The van der Waals surface area contributed by atoms with Gasteiger partial charge in [-0.15, -0.1) is 0 Å². The summed E-state index contributed by atoms with van der Waals surface area (Å²) in [6, 6.07) is 6.63. The Morgan fingerprint density at radius 2 is 1.59 bits per heavy atom. The van der Waals surface area contributed by atoms with Gasteiger partial charge in [0.25, 0.3) is 5.91 Å². The number of nitrogens with one attached hydrogen (secondary N) is 1. The average Bonchev–Trinajstić information content (AvgIpc) is 3.29. The van der Waals surface area contributed by atoms with Gasteiger partial charge in [0, 0.05) is 17.8 Å². The first-order valence-electron chi connectivity index (χ1n) is 10.6. The third-order valence-electron chi connectivity index (χ3n) is 5.78. The van der Waals surface area contributed by atoms with E-state index in [1.165, 1.54) is 24.3 Å². The number of aromatic nitrogens is 2. The fourth-order valence-electron chi connectivity index (χ4n) is 3.94. The summed E-state index contributed by atoms with van der Waals surface area (Å²) >= 11 is 0. The maximum atomic E-state index is 13.0. The van der Waals surface area contributed by atoms with Crippen molar-refractivity contribution < 1.29 is 47.7 Å². The largest absolute Gasteiger partial charge is 0.481 e. The summed E-state index contributed by atoms with van der Waals surface area (Å²) < 4.78 is 39.0. The van der Waals surface area contributed by atoms with Gasteiger partial charge in [0.15, 0.2) is 11.5 Å². The second-order valence-corrected chi connectivity index (χ2v) is 8.21. The van der Waals surface area contributed by atoms with Gasteiger partial charge in [0.05, 0.1) is 22.5 Å². The van der Waals surface area contributed by atoms with Crippen molar-refractivity contribution in [2.24, 2.45) is 5.92 Å². The Morgan fingerprint density at radius 1 is 0.919 bits per heavy atom. The van der Waals surface area contributed by atoms with E-state index in [2.05, 4.69) is 15.3 Å². The van der Waals surface area contributed by atoms with E-state index in [1.54, 1.807) is 0 Å². The van der Waals surface area contributed by atoms with E-state index >= 15 is 0 Å². The second-order valence-electron chi connectivity index (χ2n) is 8.21. The Balaban J connectivity index is 1.59. The first-order chi connectivity index (χ1) is 17.3. The van der Waals surface area contributed by atoms with Crippen molar-refractivity contribution in [3.8, 4) is 0 Å². The number of carbonyl (C=O) groups excluding carboxylic acids is 1. The van der Waals surface area contributed by atoms with E-state index in [4.69, 9.17) is 0 Å². The quantitative estimate of drug-likeness (QED) is 0.380. The zero-order valence-electron chi connectivity index (χ0n) is 18.6. The van der Waals surface area contributed by atoms with Gasteiger partial charge >= 0.3 is 24.1 Å². The van der Waals surface area contributed by atoms with Gasteiger partial charge in [-0.1, -0.05) is 0 Å². The number of nitrogens with zero attached hydrogens (tertiary/aromatic N) is 3. The van der Waals surface area contributed by atoms with Crippen LogP contribution in [0.3, 0.4) is 0 Å². The van der Waals surface area contributed by atoms with Crippen LogP contribution in [0.1, 0.15) is 32.8 Å². The molecule has 2 aromatic carbocycles. The number of likely N-dealkylation sites (tertiary alicyclic amines) is 1. The third-order valence-corrected chi connectivity index (χ3v) is 5.78. The van der Waals surface area contributed by atoms with E-state index in [0.717, 1.165) is 17.0 Å². The number of anilines is 2. The van der Waals surface area contributed by atoms with Gasteiger partial charge in [-0.25, -0.2) is 19.6 Å². The topological polar surface area (TPSA) is 170 Å². The fraction of sp³-hybridized carbons (Fsp3) is 0.217. The van der Waals surface area contributed by atoms with Crippen LogP contribution in [0.5, 0.6) is 0 Å². The molecule has 11 nitrogen and oxygen atoms in total. The number of carboxylic acid groups (broad SMARTS) is 3. The van der Waals surface area contributed by atoms with E-state index in [0.29, 0.717) is 6.07 Å². The molecule has 1 aliphatic heterocycles. The first kappa shape index (κ1) is 25.3. The van der Waals surface area contributed by atoms with Crippen LogP contribution in [0, 0.1) is 5.92 Å². The van der Waals surface area contributed by atoms with Crippen LogP contribution in [-0.2, 0) is 15.8 Å². The summed E-state index contributed by atoms with van der Waals surface area (Å²) in [5.74, 6) is -6.04. The average molecular weight is 518 g/mol. The summed E-state index contributed by atoms with van der Waals surface area (Å²) in [4.78, 5) is 56.2. The van der Waals surface area contributed by atoms with Crippen molar-refractivity contribution in [3.05, 3.63) is 59.3 Å². The molecular formula is C23H17F3N4O7. The number of carboxylic acids is 3. The molecule has 1 saturated heterocycles. The second kappa shape index (κ2) is 9.37. The van der Waals surface area contributed by atoms with Crippen LogP contribution in [0.4, 0.5) is 24.7 Å². The molecule has 1 aliphatic rings. The number of halogens is 3. The number of alkyl halides is 3. The Labute approximate surface area is 205 Å². The summed E-state index contributed by atoms with van der Waals surface area (Å²) in [6.45, 7) is -0.268. The van der Waals surface area contributed by atoms with Crippen molar-refractivity contribution in [3.63, 3.8) is 0 Å². The maximum Gasteiger partial charge on any atom is 0.416 e. The molecule has 0 spiro atoms. The van der Waals surface area contributed by atoms with Crippen LogP contribution in [0.15, 0.2) is 42.5 Å². The van der Waals surface area contributed by atoms with Crippen LogP contribution in [0.2, 0.25) is 0 Å². The minimum Gasteiger partial charge on any atom is -0.481 e. The molecule has 0 radical (unpaired) electrons. The van der Waals surface area contributed by atoms with E-state index in [-0.39, 0.29) is 41.1 Å². The molecule has 1 fully saturated rings. The van der Waals surface area contributed by atoms with Gasteiger partial charge in [-0.2, -0.15) is 13.2 Å². The SMILES string of the molecule is O=C(O)c1nc2cc(C(F)(F)F)ccc2nc1Nc1ccc(C(=O)N2CC(C(=O)O)CC2C(=O)O)cc1. The minimum atomic E-state index is -4.65. The summed E-state index contributed by atoms with van der Waals surface area (Å²) in [6.07, 6.45) is -4.87. The highest BCUT2D eigenvalue weighted by Gasteiger charge is 2.42. The lowest BCUT2D eigenvalue weighted by molar-refractivity contribution is -0.142. The van der Waals surface area contributed by atoms with Crippen LogP contribution in [0.25, 0.3) is 11.0 Å². The van der Waals surface area contributed by atoms with Crippen molar-refractivity contribution in [1.82, 2.24) is 14.9 Å². The highest BCUT2D eigenvalue weighted by molar-refractivity contribution is 5.98. The lowest BCUT2D eigenvalue weighted by Crippen LogP contribution is -2.40. The first-order valence-corrected chi connectivity index (χ1v) is 10.6. The van der Waals surface area contributed by atoms with Crippen LogP contribution in [-0.4, -0.2) is 66.6 Å². The number of aliphatic carboxylic acids is 2. The van der Waals surface area contributed by atoms with Gasteiger partial charge in [-0.3, -0.25) is 9.59 Å². The van der Waals surface area contributed by atoms with Crippen LogP contribution >= 0.6 is 0 Å². The molecule has 0 bridgehead atoms. The molecule has 0 aliphatic carbocycles. The molecule has 14 heteroatoms. The number of hydrogen-bond donors (Lipinski definition) is 4. The van der Waals surface area contributed by atoms with E-state index < -0.39 is 53.2 Å². The molecule has 2 heterocycles. The number of hydrogen-bond acceptors (Lipinski definition) is 7. The highest BCUT2D eigenvalue weighted by Crippen LogP contribution is 2.32.